The zero-order chi connectivity index (χ0) is 21.5. The highest BCUT2D eigenvalue weighted by molar-refractivity contribution is 5.96. The molecule has 2 heterocycles. The molecule has 0 aliphatic carbocycles. The Morgan fingerprint density at radius 2 is 1.87 bits per heavy atom. The molecule has 0 radical (unpaired) electrons. The second-order valence-corrected chi connectivity index (χ2v) is 6.41. The van der Waals surface area contributed by atoms with Crippen molar-refractivity contribution in [1.82, 2.24) is 20.8 Å². The third-order valence-electron chi connectivity index (χ3n) is 4.37. The Labute approximate surface area is 173 Å². The first-order valence-corrected chi connectivity index (χ1v) is 9.18. The van der Waals surface area contributed by atoms with Crippen LogP contribution in [0.4, 0.5) is 0 Å². The molecule has 30 heavy (non-hydrogen) atoms. The molecule has 0 spiro atoms. The maximum atomic E-state index is 12.5. The van der Waals surface area contributed by atoms with Gasteiger partial charge in [-0.2, -0.15) is 0 Å². The van der Waals surface area contributed by atoms with E-state index in [9.17, 15) is 9.59 Å². The number of nitrogens with zero attached hydrogens (tertiary/aromatic N) is 2. The number of pyridine rings is 1. The Morgan fingerprint density at radius 1 is 1.10 bits per heavy atom. The van der Waals surface area contributed by atoms with E-state index < -0.39 is 11.9 Å². The molecule has 1 atom stereocenters. The molecule has 2 aromatic heterocycles. The fourth-order valence-corrected chi connectivity index (χ4v) is 2.69. The van der Waals surface area contributed by atoms with Gasteiger partial charge in [-0.05, 0) is 42.8 Å². The van der Waals surface area contributed by atoms with Gasteiger partial charge < -0.3 is 24.6 Å². The third kappa shape index (κ3) is 4.93. The van der Waals surface area contributed by atoms with Crippen LogP contribution in [-0.2, 0) is 11.3 Å². The maximum absolute atomic E-state index is 12.5. The Morgan fingerprint density at radius 3 is 2.57 bits per heavy atom. The molecular formula is C21H22N4O5. The van der Waals surface area contributed by atoms with E-state index in [1.807, 2.05) is 0 Å². The highest BCUT2D eigenvalue weighted by Crippen LogP contribution is 2.33. The Bertz CT molecular complexity index is 1020. The molecule has 156 valence electrons. The van der Waals surface area contributed by atoms with Gasteiger partial charge in [0, 0.05) is 25.0 Å². The van der Waals surface area contributed by atoms with Gasteiger partial charge in [-0.1, -0.05) is 5.16 Å². The summed E-state index contributed by atoms with van der Waals surface area (Å²) in [6, 6.07) is 9.51. The van der Waals surface area contributed by atoms with E-state index in [-0.39, 0.29) is 11.6 Å². The quantitative estimate of drug-likeness (QED) is 0.585. The largest absolute Gasteiger partial charge is 0.497 e. The van der Waals surface area contributed by atoms with Crippen LogP contribution in [0.5, 0.6) is 11.5 Å². The van der Waals surface area contributed by atoms with Crippen molar-refractivity contribution in [2.24, 2.45) is 0 Å². The van der Waals surface area contributed by atoms with Gasteiger partial charge in [0.2, 0.25) is 5.91 Å². The fraction of sp³-hybridized carbons (Fsp3) is 0.238. The lowest BCUT2D eigenvalue weighted by Crippen LogP contribution is -2.44. The fourth-order valence-electron chi connectivity index (χ4n) is 2.69. The number of amides is 2. The van der Waals surface area contributed by atoms with Gasteiger partial charge in [0.25, 0.3) is 5.91 Å². The Balaban J connectivity index is 1.64. The van der Waals surface area contributed by atoms with Gasteiger partial charge in [-0.15, -0.1) is 0 Å². The molecule has 9 heteroatoms. The number of carbonyl (C=O) groups excluding carboxylic acids is 2. The summed E-state index contributed by atoms with van der Waals surface area (Å²) >= 11 is 0. The number of benzene rings is 1. The summed E-state index contributed by atoms with van der Waals surface area (Å²) in [6.45, 7) is 1.93. The summed E-state index contributed by atoms with van der Waals surface area (Å²) in [5, 5.41) is 9.17. The smallest absolute Gasteiger partial charge is 0.274 e. The highest BCUT2D eigenvalue weighted by Gasteiger charge is 2.21. The van der Waals surface area contributed by atoms with Crippen LogP contribution in [0.2, 0.25) is 0 Å². The third-order valence-corrected chi connectivity index (χ3v) is 4.37. The number of methoxy groups -OCH3 is 2. The van der Waals surface area contributed by atoms with E-state index >= 15 is 0 Å². The zero-order valence-electron chi connectivity index (χ0n) is 16.8. The van der Waals surface area contributed by atoms with E-state index in [1.54, 1.807) is 56.8 Å². The summed E-state index contributed by atoms with van der Waals surface area (Å²) < 4.78 is 15.9. The van der Waals surface area contributed by atoms with Crippen LogP contribution >= 0.6 is 0 Å². The summed E-state index contributed by atoms with van der Waals surface area (Å²) in [4.78, 5) is 28.7. The molecule has 9 nitrogen and oxygen atoms in total. The molecule has 3 aromatic rings. The Kier molecular flexibility index (Phi) is 6.63. The van der Waals surface area contributed by atoms with Crippen LogP contribution in [0.25, 0.3) is 11.3 Å². The molecule has 0 saturated heterocycles. The lowest BCUT2D eigenvalue weighted by atomic mass is 10.1. The molecule has 0 saturated carbocycles. The number of hydrogen-bond acceptors (Lipinski definition) is 7. The van der Waals surface area contributed by atoms with Crippen LogP contribution in [0, 0.1) is 0 Å². The van der Waals surface area contributed by atoms with E-state index in [1.165, 1.54) is 13.2 Å². The molecule has 2 amide bonds. The SMILES string of the molecule is COc1ccc(OC)c(-c2cc(C(=O)NC(C)C(=O)NCc3ccncc3)no2)c1. The monoisotopic (exact) mass is 410 g/mol. The van der Waals surface area contributed by atoms with Crippen LogP contribution in [0.3, 0.4) is 0 Å². The first kappa shape index (κ1) is 20.8. The molecule has 1 unspecified atom stereocenters. The van der Waals surface area contributed by atoms with Gasteiger partial charge in [0.1, 0.15) is 17.5 Å². The van der Waals surface area contributed by atoms with Crippen molar-refractivity contribution < 1.29 is 23.6 Å². The second kappa shape index (κ2) is 9.55. The summed E-state index contributed by atoms with van der Waals surface area (Å²) in [5.74, 6) is 0.637. The topological polar surface area (TPSA) is 116 Å². The van der Waals surface area contributed by atoms with E-state index in [2.05, 4.69) is 20.8 Å². The van der Waals surface area contributed by atoms with Gasteiger partial charge in [-0.3, -0.25) is 14.6 Å². The zero-order valence-corrected chi connectivity index (χ0v) is 16.8. The molecule has 0 bridgehead atoms. The molecule has 1 aromatic carbocycles. The minimum Gasteiger partial charge on any atom is -0.497 e. The average molecular weight is 410 g/mol. The Hall–Kier alpha value is -3.88. The standard InChI is InChI=1S/C21H22N4O5/c1-13(20(26)23-12-14-6-8-22-9-7-14)24-21(27)17-11-19(30-25-17)16-10-15(28-2)4-5-18(16)29-3/h4-11,13H,12H2,1-3H3,(H,23,26)(H,24,27). The molecule has 0 aliphatic rings. The number of nitrogens with one attached hydrogen (secondary N) is 2. The summed E-state index contributed by atoms with van der Waals surface area (Å²) in [7, 11) is 3.08. The number of carbonyl (C=O) groups is 2. The number of hydrogen-bond donors (Lipinski definition) is 2. The summed E-state index contributed by atoms with van der Waals surface area (Å²) in [6.07, 6.45) is 3.29. The lowest BCUT2D eigenvalue weighted by Gasteiger charge is -2.13. The molecule has 0 fully saturated rings. The van der Waals surface area contributed by atoms with Gasteiger partial charge in [-0.25, -0.2) is 0 Å². The second-order valence-electron chi connectivity index (χ2n) is 6.41. The molecular weight excluding hydrogens is 388 g/mol. The summed E-state index contributed by atoms with van der Waals surface area (Å²) in [5.41, 5.74) is 1.54. The molecule has 3 rings (SSSR count). The van der Waals surface area contributed by atoms with Crippen molar-refractivity contribution in [3.63, 3.8) is 0 Å². The van der Waals surface area contributed by atoms with E-state index in [4.69, 9.17) is 14.0 Å². The highest BCUT2D eigenvalue weighted by atomic mass is 16.5. The first-order chi connectivity index (χ1) is 14.5. The van der Waals surface area contributed by atoms with Gasteiger partial charge >= 0.3 is 0 Å². The van der Waals surface area contributed by atoms with E-state index in [0.29, 0.717) is 29.4 Å². The normalized spacial score (nSPS) is 11.4. The molecule has 2 N–H and O–H groups in total. The predicted octanol–water partition coefficient (Wildman–Crippen LogP) is 2.19. The average Bonchev–Trinajstić information content (AvgIpc) is 3.28. The van der Waals surface area contributed by atoms with Gasteiger partial charge in [0.15, 0.2) is 11.5 Å². The van der Waals surface area contributed by atoms with Crippen LogP contribution in [0.15, 0.2) is 53.3 Å². The minimum atomic E-state index is -0.758. The minimum absolute atomic E-state index is 0.0451. The van der Waals surface area contributed by atoms with Crippen molar-refractivity contribution in [2.75, 3.05) is 14.2 Å². The van der Waals surface area contributed by atoms with Gasteiger partial charge in [0.05, 0.1) is 19.8 Å². The van der Waals surface area contributed by atoms with Crippen LogP contribution < -0.4 is 20.1 Å². The lowest BCUT2D eigenvalue weighted by molar-refractivity contribution is -0.122. The number of rotatable bonds is 8. The van der Waals surface area contributed by atoms with Crippen molar-refractivity contribution in [1.29, 1.82) is 0 Å². The van der Waals surface area contributed by atoms with Crippen molar-refractivity contribution in [3.8, 4) is 22.8 Å². The van der Waals surface area contributed by atoms with Crippen molar-refractivity contribution in [2.45, 2.75) is 19.5 Å². The molecule has 0 aliphatic heterocycles. The first-order valence-electron chi connectivity index (χ1n) is 9.18. The van der Waals surface area contributed by atoms with Crippen LogP contribution in [0.1, 0.15) is 23.0 Å². The maximum Gasteiger partial charge on any atom is 0.274 e. The predicted molar refractivity (Wildman–Crippen MR) is 108 cm³/mol. The number of ether oxygens (including phenoxy) is 2. The van der Waals surface area contributed by atoms with E-state index in [0.717, 1.165) is 5.56 Å². The van der Waals surface area contributed by atoms with Crippen molar-refractivity contribution >= 4 is 11.8 Å². The van der Waals surface area contributed by atoms with Crippen LogP contribution in [-0.4, -0.2) is 42.2 Å². The number of aromatic nitrogens is 2. The van der Waals surface area contributed by atoms with Crippen molar-refractivity contribution in [3.05, 3.63) is 60.0 Å².